The van der Waals surface area contributed by atoms with Crippen LogP contribution >= 0.6 is 11.6 Å². The number of carbonyl (C=O) groups is 2. The second-order valence-corrected chi connectivity index (χ2v) is 7.51. The molecule has 2 N–H and O–H groups in total. The van der Waals surface area contributed by atoms with Gasteiger partial charge in [0.05, 0.1) is 24.9 Å². The van der Waals surface area contributed by atoms with Gasteiger partial charge in [-0.2, -0.15) is 0 Å². The Morgan fingerprint density at radius 2 is 2.00 bits per heavy atom. The summed E-state index contributed by atoms with van der Waals surface area (Å²) in [5.41, 5.74) is 1.85. The summed E-state index contributed by atoms with van der Waals surface area (Å²) in [7, 11) is 1.80. The Bertz CT molecular complexity index is 873. The van der Waals surface area contributed by atoms with Crippen molar-refractivity contribution in [3.8, 4) is 11.3 Å². The minimum absolute atomic E-state index is 0.131. The van der Waals surface area contributed by atoms with E-state index < -0.39 is 6.09 Å². The predicted octanol–water partition coefficient (Wildman–Crippen LogP) is 2.25. The second kappa shape index (κ2) is 10.4. The van der Waals surface area contributed by atoms with E-state index >= 15 is 0 Å². The number of anilines is 1. The van der Waals surface area contributed by atoms with Gasteiger partial charge in [0.1, 0.15) is 12.1 Å². The number of aromatic nitrogens is 1. The summed E-state index contributed by atoms with van der Waals surface area (Å²) in [5.74, 6) is 0.904. The number of piperazine rings is 1. The largest absolute Gasteiger partial charge is 0.465 e. The van der Waals surface area contributed by atoms with Crippen molar-refractivity contribution < 1.29 is 14.7 Å². The van der Waals surface area contributed by atoms with Gasteiger partial charge in [-0.25, -0.2) is 9.78 Å². The van der Waals surface area contributed by atoms with Crippen LogP contribution in [0.4, 0.5) is 10.6 Å². The molecule has 1 aliphatic rings. The average molecular weight is 432 g/mol. The molecule has 1 aromatic carbocycles. The van der Waals surface area contributed by atoms with Gasteiger partial charge in [-0.05, 0) is 31.3 Å². The highest BCUT2D eigenvalue weighted by molar-refractivity contribution is 6.30. The number of nitrogens with zero attached hydrogens (tertiary/aromatic N) is 4. The molecule has 1 unspecified atom stereocenters. The van der Waals surface area contributed by atoms with Crippen molar-refractivity contribution in [1.29, 1.82) is 0 Å². The van der Waals surface area contributed by atoms with E-state index in [1.165, 1.54) is 0 Å². The van der Waals surface area contributed by atoms with Crippen LogP contribution in [0.2, 0.25) is 5.02 Å². The lowest BCUT2D eigenvalue weighted by atomic mass is 10.1. The number of hydrogen-bond acceptors (Lipinski definition) is 6. The van der Waals surface area contributed by atoms with Gasteiger partial charge in [-0.3, -0.25) is 9.80 Å². The highest BCUT2D eigenvalue weighted by atomic mass is 35.5. The summed E-state index contributed by atoms with van der Waals surface area (Å²) in [6.07, 6.45) is -0.644. The molecule has 0 radical (unpaired) electrons. The smallest absolute Gasteiger partial charge is 0.407 e. The van der Waals surface area contributed by atoms with E-state index in [1.807, 2.05) is 42.5 Å². The molecule has 1 atom stereocenters. The lowest BCUT2D eigenvalue weighted by Gasteiger charge is -2.40. The van der Waals surface area contributed by atoms with Gasteiger partial charge in [0.15, 0.2) is 0 Å². The van der Waals surface area contributed by atoms with Crippen molar-refractivity contribution >= 4 is 29.8 Å². The molecule has 1 fully saturated rings. The molecule has 1 aliphatic heterocycles. The zero-order chi connectivity index (χ0) is 21.5. The van der Waals surface area contributed by atoms with Crippen LogP contribution in [0.5, 0.6) is 0 Å². The van der Waals surface area contributed by atoms with Gasteiger partial charge in [0.25, 0.3) is 0 Å². The van der Waals surface area contributed by atoms with Crippen LogP contribution in [0.15, 0.2) is 42.5 Å². The second-order valence-electron chi connectivity index (χ2n) is 7.07. The fourth-order valence-corrected chi connectivity index (χ4v) is 3.78. The first-order chi connectivity index (χ1) is 14.5. The number of hydrogen-bond donors (Lipinski definition) is 2. The number of likely N-dealkylation sites (N-methyl/N-ethyl adjacent to an activating group) is 1. The van der Waals surface area contributed by atoms with Gasteiger partial charge in [-0.1, -0.05) is 29.8 Å². The van der Waals surface area contributed by atoms with Crippen molar-refractivity contribution in [3.63, 3.8) is 0 Å². The quantitative estimate of drug-likeness (QED) is 0.619. The summed E-state index contributed by atoms with van der Waals surface area (Å²) in [5, 5.41) is 13.1. The van der Waals surface area contributed by atoms with Crippen molar-refractivity contribution in [2.45, 2.75) is 6.17 Å². The summed E-state index contributed by atoms with van der Waals surface area (Å²) >= 11 is 6.11. The highest BCUT2D eigenvalue weighted by Crippen LogP contribution is 2.24. The number of benzene rings is 1. The minimum atomic E-state index is -1.09. The molecule has 1 saturated heterocycles. The van der Waals surface area contributed by atoms with E-state index in [1.54, 1.807) is 7.05 Å². The number of aldehydes is 1. The number of nitrogens with one attached hydrogen (secondary N) is 1. The summed E-state index contributed by atoms with van der Waals surface area (Å²) in [6, 6.07) is 13.6. The monoisotopic (exact) mass is 431 g/mol. The fraction of sp³-hybridized carbons (Fsp3) is 0.381. The van der Waals surface area contributed by atoms with Crippen LogP contribution in [0, 0.1) is 0 Å². The highest BCUT2D eigenvalue weighted by Gasteiger charge is 2.26. The van der Waals surface area contributed by atoms with E-state index in [-0.39, 0.29) is 19.3 Å². The van der Waals surface area contributed by atoms with Crippen LogP contribution in [-0.4, -0.2) is 84.8 Å². The Morgan fingerprint density at radius 1 is 1.27 bits per heavy atom. The maximum atomic E-state index is 11.3. The standard InChI is InChI=1S/C21H26ClN5O3/c1-23-20(15-27(12-13-28)21(29)30)26-10-8-25(9-11-26)19-7-3-6-18(24-19)16-4-2-5-17(22)14-16/h2-7,13-14,20,23H,8-12,15H2,1H3,(H,29,30). The van der Waals surface area contributed by atoms with E-state index in [0.29, 0.717) is 11.3 Å². The van der Waals surface area contributed by atoms with E-state index in [4.69, 9.17) is 16.6 Å². The SMILES string of the molecule is CNC(CN(CC=O)C(=O)O)N1CCN(c2cccc(-c3cccc(Cl)c3)n2)CC1. The first-order valence-corrected chi connectivity index (χ1v) is 10.2. The first kappa shape index (κ1) is 22.0. The topological polar surface area (TPSA) is 89.0 Å². The molecule has 0 aliphatic carbocycles. The predicted molar refractivity (Wildman–Crippen MR) is 117 cm³/mol. The molecular weight excluding hydrogens is 406 g/mol. The molecule has 9 heteroatoms. The molecule has 0 saturated carbocycles. The molecule has 8 nitrogen and oxygen atoms in total. The molecule has 2 heterocycles. The molecule has 0 bridgehead atoms. The van der Waals surface area contributed by atoms with Crippen LogP contribution in [0.1, 0.15) is 0 Å². The maximum absolute atomic E-state index is 11.3. The lowest BCUT2D eigenvalue weighted by molar-refractivity contribution is -0.108. The summed E-state index contributed by atoms with van der Waals surface area (Å²) < 4.78 is 0. The van der Waals surface area contributed by atoms with E-state index in [9.17, 15) is 14.7 Å². The van der Waals surface area contributed by atoms with Crippen molar-refractivity contribution in [3.05, 3.63) is 47.5 Å². The normalized spacial score (nSPS) is 15.6. The molecule has 160 valence electrons. The lowest BCUT2D eigenvalue weighted by Crippen LogP contribution is -2.58. The van der Waals surface area contributed by atoms with Gasteiger partial charge >= 0.3 is 6.09 Å². The zero-order valence-electron chi connectivity index (χ0n) is 16.9. The Hall–Kier alpha value is -2.68. The van der Waals surface area contributed by atoms with Crippen LogP contribution in [0.25, 0.3) is 11.3 Å². The third kappa shape index (κ3) is 5.47. The van der Waals surface area contributed by atoms with Gasteiger partial charge < -0.3 is 20.1 Å². The molecule has 1 amide bonds. The Labute approximate surface area is 181 Å². The molecule has 2 aromatic rings. The third-order valence-corrected chi connectivity index (χ3v) is 5.46. The molecule has 3 rings (SSSR count). The number of carboxylic acid groups (broad SMARTS) is 1. The number of rotatable bonds is 8. The third-order valence-electron chi connectivity index (χ3n) is 5.23. The van der Waals surface area contributed by atoms with Crippen LogP contribution in [-0.2, 0) is 4.79 Å². The fourth-order valence-electron chi connectivity index (χ4n) is 3.59. The Morgan fingerprint density at radius 3 is 2.63 bits per heavy atom. The van der Waals surface area contributed by atoms with Crippen LogP contribution < -0.4 is 10.2 Å². The molecular formula is C21H26ClN5O3. The first-order valence-electron chi connectivity index (χ1n) is 9.82. The van der Waals surface area contributed by atoms with Crippen LogP contribution in [0.3, 0.4) is 0 Å². The Kier molecular flexibility index (Phi) is 7.62. The maximum Gasteiger partial charge on any atom is 0.407 e. The number of amides is 1. The van der Waals surface area contributed by atoms with Gasteiger partial charge in [0.2, 0.25) is 0 Å². The van der Waals surface area contributed by atoms with Crippen molar-refractivity contribution in [2.75, 3.05) is 51.2 Å². The Balaban J connectivity index is 1.64. The van der Waals surface area contributed by atoms with Crippen molar-refractivity contribution in [2.24, 2.45) is 0 Å². The molecule has 30 heavy (non-hydrogen) atoms. The number of carbonyl (C=O) groups excluding carboxylic acids is 1. The molecule has 1 aromatic heterocycles. The minimum Gasteiger partial charge on any atom is -0.465 e. The summed E-state index contributed by atoms with van der Waals surface area (Å²) in [4.78, 5) is 32.4. The van der Waals surface area contributed by atoms with E-state index in [0.717, 1.165) is 48.2 Å². The zero-order valence-corrected chi connectivity index (χ0v) is 17.6. The van der Waals surface area contributed by atoms with Gasteiger partial charge in [-0.15, -0.1) is 0 Å². The number of pyridine rings is 1. The molecule has 0 spiro atoms. The van der Waals surface area contributed by atoms with Gasteiger partial charge in [0, 0.05) is 36.8 Å². The average Bonchev–Trinajstić information content (AvgIpc) is 2.77. The summed E-state index contributed by atoms with van der Waals surface area (Å²) in [6.45, 7) is 3.14. The van der Waals surface area contributed by atoms with Crippen molar-refractivity contribution in [1.82, 2.24) is 20.1 Å². The van der Waals surface area contributed by atoms with E-state index in [2.05, 4.69) is 15.1 Å². The number of halogens is 1.